The summed E-state index contributed by atoms with van der Waals surface area (Å²) in [7, 11) is 0. The third kappa shape index (κ3) is 4.01. The Morgan fingerprint density at radius 3 is 2.70 bits per heavy atom. The first-order valence-electron chi connectivity index (χ1n) is 9.31. The van der Waals surface area contributed by atoms with Crippen molar-refractivity contribution in [3.63, 3.8) is 0 Å². The van der Waals surface area contributed by atoms with Gasteiger partial charge in [-0.3, -0.25) is 14.8 Å². The molecular weight excluding hydrogens is 343 g/mol. The number of rotatable bonds is 4. The first-order chi connectivity index (χ1) is 13.1. The molecule has 5 nitrogen and oxygen atoms in total. The summed E-state index contributed by atoms with van der Waals surface area (Å²) < 4.78 is 13.0. The van der Waals surface area contributed by atoms with Gasteiger partial charge in [-0.25, -0.2) is 4.39 Å². The maximum absolute atomic E-state index is 13.0. The predicted molar refractivity (Wildman–Crippen MR) is 103 cm³/mol. The summed E-state index contributed by atoms with van der Waals surface area (Å²) in [6.45, 7) is 4.63. The van der Waals surface area contributed by atoms with Gasteiger partial charge in [-0.2, -0.15) is 5.10 Å². The molecule has 1 aliphatic heterocycles. The van der Waals surface area contributed by atoms with Crippen molar-refractivity contribution in [3.05, 3.63) is 65.1 Å². The average Bonchev–Trinajstić information content (AvgIpc) is 3.08. The van der Waals surface area contributed by atoms with Crippen LogP contribution in [0.15, 0.2) is 42.5 Å². The summed E-state index contributed by atoms with van der Waals surface area (Å²) in [5.74, 6) is -0.329. The molecule has 4 rings (SSSR count). The molecule has 1 aromatic heterocycles. The Morgan fingerprint density at radius 1 is 1.22 bits per heavy atom. The Kier molecular flexibility index (Phi) is 4.90. The highest BCUT2D eigenvalue weighted by molar-refractivity contribution is 6.04. The molecule has 0 atom stereocenters. The zero-order valence-corrected chi connectivity index (χ0v) is 15.3. The SMILES string of the molecule is Cc1ccc2[nH]nc(C(=O)NC3CCN(Cc4ccc(F)cc4)CC3)c2c1. The molecule has 6 heteroatoms. The topological polar surface area (TPSA) is 61.0 Å². The Balaban J connectivity index is 1.34. The van der Waals surface area contributed by atoms with E-state index in [0.717, 1.165) is 54.5 Å². The maximum Gasteiger partial charge on any atom is 0.272 e. The highest BCUT2D eigenvalue weighted by Gasteiger charge is 2.23. The zero-order valence-electron chi connectivity index (χ0n) is 15.3. The van der Waals surface area contributed by atoms with Gasteiger partial charge in [0.25, 0.3) is 5.91 Å². The monoisotopic (exact) mass is 366 g/mol. The van der Waals surface area contributed by atoms with E-state index in [1.165, 1.54) is 12.1 Å². The number of nitrogens with one attached hydrogen (secondary N) is 2. The standard InChI is InChI=1S/C21H23FN4O/c1-14-2-7-19-18(12-14)20(25-24-19)21(27)23-17-8-10-26(11-9-17)13-15-3-5-16(22)6-4-15/h2-7,12,17H,8-11,13H2,1H3,(H,23,27)(H,24,25). The quantitative estimate of drug-likeness (QED) is 0.744. The number of carbonyl (C=O) groups is 1. The van der Waals surface area contributed by atoms with Gasteiger partial charge >= 0.3 is 0 Å². The second-order valence-corrected chi connectivity index (χ2v) is 7.27. The number of benzene rings is 2. The molecule has 0 spiro atoms. The van der Waals surface area contributed by atoms with E-state index in [4.69, 9.17) is 0 Å². The van der Waals surface area contributed by atoms with E-state index in [2.05, 4.69) is 20.4 Å². The Bertz CT molecular complexity index is 942. The normalized spacial score (nSPS) is 15.9. The summed E-state index contributed by atoms with van der Waals surface area (Å²) in [5, 5.41) is 11.1. The van der Waals surface area contributed by atoms with Crippen LogP contribution in [-0.2, 0) is 6.54 Å². The van der Waals surface area contributed by atoms with Gasteiger partial charge < -0.3 is 5.32 Å². The fraction of sp³-hybridized carbons (Fsp3) is 0.333. The smallest absolute Gasteiger partial charge is 0.272 e. The molecule has 0 bridgehead atoms. The highest BCUT2D eigenvalue weighted by Crippen LogP contribution is 2.19. The number of likely N-dealkylation sites (tertiary alicyclic amines) is 1. The molecule has 27 heavy (non-hydrogen) atoms. The molecule has 1 fully saturated rings. The second-order valence-electron chi connectivity index (χ2n) is 7.27. The fourth-order valence-electron chi connectivity index (χ4n) is 3.64. The Labute approximate surface area is 157 Å². The van der Waals surface area contributed by atoms with Crippen molar-refractivity contribution in [1.29, 1.82) is 0 Å². The zero-order chi connectivity index (χ0) is 18.8. The lowest BCUT2D eigenvalue weighted by molar-refractivity contribution is 0.0905. The number of aromatic amines is 1. The van der Waals surface area contributed by atoms with E-state index < -0.39 is 0 Å². The minimum Gasteiger partial charge on any atom is -0.348 e. The third-order valence-electron chi connectivity index (χ3n) is 5.18. The van der Waals surface area contributed by atoms with Crippen LogP contribution in [0.1, 0.15) is 34.5 Å². The predicted octanol–water partition coefficient (Wildman–Crippen LogP) is 3.40. The van der Waals surface area contributed by atoms with Gasteiger partial charge in [0.1, 0.15) is 5.82 Å². The number of hydrogen-bond acceptors (Lipinski definition) is 3. The molecule has 2 N–H and O–H groups in total. The minimum atomic E-state index is -0.207. The van der Waals surface area contributed by atoms with Crippen molar-refractivity contribution in [2.24, 2.45) is 0 Å². The van der Waals surface area contributed by atoms with Gasteiger partial charge in [0.05, 0.1) is 5.52 Å². The molecule has 1 aliphatic rings. The number of piperidine rings is 1. The van der Waals surface area contributed by atoms with Crippen LogP contribution in [0.3, 0.4) is 0 Å². The first kappa shape index (κ1) is 17.7. The molecule has 0 radical (unpaired) electrons. The van der Waals surface area contributed by atoms with Crippen molar-refractivity contribution in [1.82, 2.24) is 20.4 Å². The summed E-state index contributed by atoms with van der Waals surface area (Å²) in [5.41, 5.74) is 3.55. The lowest BCUT2D eigenvalue weighted by atomic mass is 10.0. The average molecular weight is 366 g/mol. The lowest BCUT2D eigenvalue weighted by Crippen LogP contribution is -2.44. The number of aryl methyl sites for hydroxylation is 1. The summed E-state index contributed by atoms with van der Waals surface area (Å²) in [6, 6.07) is 12.7. The van der Waals surface area contributed by atoms with Gasteiger partial charge in [0.2, 0.25) is 0 Å². The van der Waals surface area contributed by atoms with Crippen LogP contribution >= 0.6 is 0 Å². The summed E-state index contributed by atoms with van der Waals surface area (Å²) in [6.07, 6.45) is 1.79. The molecule has 3 aromatic rings. The number of carbonyl (C=O) groups excluding carboxylic acids is 1. The van der Waals surface area contributed by atoms with E-state index in [1.807, 2.05) is 37.3 Å². The summed E-state index contributed by atoms with van der Waals surface area (Å²) >= 11 is 0. The number of aromatic nitrogens is 2. The van der Waals surface area contributed by atoms with Crippen LogP contribution in [0.5, 0.6) is 0 Å². The van der Waals surface area contributed by atoms with Crippen LogP contribution in [0.25, 0.3) is 10.9 Å². The number of hydrogen-bond donors (Lipinski definition) is 2. The molecule has 1 saturated heterocycles. The molecule has 2 aromatic carbocycles. The molecule has 0 unspecified atom stereocenters. The molecule has 140 valence electrons. The third-order valence-corrected chi connectivity index (χ3v) is 5.18. The number of amides is 1. The van der Waals surface area contributed by atoms with Gasteiger partial charge in [0, 0.05) is 31.1 Å². The molecule has 1 amide bonds. The van der Waals surface area contributed by atoms with E-state index in [1.54, 1.807) is 0 Å². The van der Waals surface area contributed by atoms with E-state index >= 15 is 0 Å². The Morgan fingerprint density at radius 2 is 1.96 bits per heavy atom. The van der Waals surface area contributed by atoms with Crippen LogP contribution < -0.4 is 5.32 Å². The van der Waals surface area contributed by atoms with E-state index in [9.17, 15) is 9.18 Å². The van der Waals surface area contributed by atoms with E-state index in [-0.39, 0.29) is 17.8 Å². The van der Waals surface area contributed by atoms with Gasteiger partial charge in [-0.1, -0.05) is 23.8 Å². The highest BCUT2D eigenvalue weighted by atomic mass is 19.1. The largest absolute Gasteiger partial charge is 0.348 e. The van der Waals surface area contributed by atoms with Gasteiger partial charge in [-0.05, 0) is 49.6 Å². The number of nitrogens with zero attached hydrogens (tertiary/aromatic N) is 2. The van der Waals surface area contributed by atoms with Crippen LogP contribution in [0, 0.1) is 12.7 Å². The molecular formula is C21H23FN4O. The van der Waals surface area contributed by atoms with Crippen molar-refractivity contribution >= 4 is 16.8 Å². The minimum absolute atomic E-state index is 0.121. The number of fused-ring (bicyclic) bond motifs is 1. The second kappa shape index (κ2) is 7.48. The maximum atomic E-state index is 13.0. The number of H-pyrrole nitrogens is 1. The Hall–Kier alpha value is -2.73. The van der Waals surface area contributed by atoms with Crippen molar-refractivity contribution in [3.8, 4) is 0 Å². The molecule has 0 saturated carbocycles. The van der Waals surface area contributed by atoms with Gasteiger partial charge in [-0.15, -0.1) is 0 Å². The van der Waals surface area contributed by atoms with Crippen LogP contribution in [0.2, 0.25) is 0 Å². The van der Waals surface area contributed by atoms with Crippen molar-refractivity contribution in [2.75, 3.05) is 13.1 Å². The van der Waals surface area contributed by atoms with Crippen molar-refractivity contribution < 1.29 is 9.18 Å². The van der Waals surface area contributed by atoms with Crippen molar-refractivity contribution in [2.45, 2.75) is 32.4 Å². The molecule has 2 heterocycles. The van der Waals surface area contributed by atoms with Crippen LogP contribution in [0.4, 0.5) is 4.39 Å². The van der Waals surface area contributed by atoms with Gasteiger partial charge in [0.15, 0.2) is 5.69 Å². The first-order valence-corrected chi connectivity index (χ1v) is 9.31. The molecule has 0 aliphatic carbocycles. The van der Waals surface area contributed by atoms with Crippen LogP contribution in [-0.4, -0.2) is 40.1 Å². The summed E-state index contributed by atoms with van der Waals surface area (Å²) in [4.78, 5) is 15.0. The lowest BCUT2D eigenvalue weighted by Gasteiger charge is -2.32. The fourth-order valence-corrected chi connectivity index (χ4v) is 3.64. The number of halogens is 1. The van der Waals surface area contributed by atoms with E-state index in [0.29, 0.717) is 5.69 Å².